The molecule has 1 rings (SSSR count). The van der Waals surface area contributed by atoms with Gasteiger partial charge in [-0.15, -0.1) is 0 Å². The van der Waals surface area contributed by atoms with Crippen molar-refractivity contribution in [2.75, 3.05) is 32.1 Å². The minimum absolute atomic E-state index is 0.319. The normalized spacial score (nSPS) is 22.4. The van der Waals surface area contributed by atoms with Crippen molar-refractivity contribution < 1.29 is 4.79 Å². The third-order valence-electron chi connectivity index (χ3n) is 2.70. The molecule has 1 saturated heterocycles. The number of carbonyl (C=O) groups excluding carboxylic acids is 1. The van der Waals surface area contributed by atoms with Crippen LogP contribution in [0, 0.1) is 0 Å². The van der Waals surface area contributed by atoms with E-state index in [1.165, 1.54) is 6.42 Å². The zero-order valence-corrected chi connectivity index (χ0v) is 9.90. The zero-order chi connectivity index (χ0) is 10.4. The summed E-state index contributed by atoms with van der Waals surface area (Å²) in [5.74, 6) is 1.26. The van der Waals surface area contributed by atoms with Crippen molar-refractivity contribution in [1.82, 2.24) is 10.2 Å². The summed E-state index contributed by atoms with van der Waals surface area (Å²) in [5, 5.41) is 3.25. The molecule has 4 heteroatoms. The summed E-state index contributed by atoms with van der Waals surface area (Å²) in [5.41, 5.74) is 0. The van der Waals surface area contributed by atoms with Gasteiger partial charge in [-0.25, -0.2) is 0 Å². The first kappa shape index (κ1) is 11.9. The predicted molar refractivity (Wildman–Crippen MR) is 61.7 cm³/mol. The highest BCUT2D eigenvalue weighted by molar-refractivity contribution is 7.98. The number of hydrogen-bond acceptors (Lipinski definition) is 3. The Morgan fingerprint density at radius 2 is 2.43 bits per heavy atom. The monoisotopic (exact) mass is 216 g/mol. The van der Waals surface area contributed by atoms with Gasteiger partial charge in [-0.05, 0) is 26.1 Å². The SMILES string of the molecule is CNC1CCCN(C(=O)CCSC)C1. The summed E-state index contributed by atoms with van der Waals surface area (Å²) in [4.78, 5) is 13.7. The molecule has 1 N–H and O–H groups in total. The molecule has 1 unspecified atom stereocenters. The second-order valence-electron chi connectivity index (χ2n) is 3.71. The quantitative estimate of drug-likeness (QED) is 0.759. The number of amides is 1. The molecular formula is C10H20N2OS. The number of likely N-dealkylation sites (tertiary alicyclic amines) is 1. The summed E-state index contributed by atoms with van der Waals surface area (Å²) in [7, 11) is 1.97. The Morgan fingerprint density at radius 1 is 1.64 bits per heavy atom. The fraction of sp³-hybridized carbons (Fsp3) is 0.900. The lowest BCUT2D eigenvalue weighted by Crippen LogP contribution is -2.47. The molecule has 0 radical (unpaired) electrons. The second-order valence-corrected chi connectivity index (χ2v) is 4.70. The molecule has 1 amide bonds. The number of rotatable bonds is 4. The van der Waals surface area contributed by atoms with Gasteiger partial charge in [0.1, 0.15) is 0 Å². The first-order valence-corrected chi connectivity index (χ1v) is 6.61. The van der Waals surface area contributed by atoms with Crippen molar-refractivity contribution in [3.8, 4) is 0 Å². The van der Waals surface area contributed by atoms with Gasteiger partial charge in [-0.2, -0.15) is 11.8 Å². The fourth-order valence-electron chi connectivity index (χ4n) is 1.79. The molecule has 1 fully saturated rings. The van der Waals surface area contributed by atoms with E-state index < -0.39 is 0 Å². The van der Waals surface area contributed by atoms with Crippen molar-refractivity contribution in [3.05, 3.63) is 0 Å². The molecule has 0 aromatic rings. The van der Waals surface area contributed by atoms with E-state index >= 15 is 0 Å². The van der Waals surface area contributed by atoms with Crippen molar-refractivity contribution >= 4 is 17.7 Å². The van der Waals surface area contributed by atoms with Gasteiger partial charge in [0.05, 0.1) is 0 Å². The van der Waals surface area contributed by atoms with Crippen LogP contribution in [-0.2, 0) is 4.79 Å². The number of piperidine rings is 1. The number of hydrogen-bond donors (Lipinski definition) is 1. The smallest absolute Gasteiger partial charge is 0.223 e. The summed E-state index contributed by atoms with van der Waals surface area (Å²) >= 11 is 1.74. The molecule has 14 heavy (non-hydrogen) atoms. The lowest BCUT2D eigenvalue weighted by Gasteiger charge is -2.32. The van der Waals surface area contributed by atoms with Crippen LogP contribution in [0.3, 0.4) is 0 Å². The highest BCUT2D eigenvalue weighted by Crippen LogP contribution is 2.11. The van der Waals surface area contributed by atoms with E-state index in [1.54, 1.807) is 11.8 Å². The van der Waals surface area contributed by atoms with Crippen molar-refractivity contribution in [3.63, 3.8) is 0 Å². The van der Waals surface area contributed by atoms with E-state index in [0.29, 0.717) is 18.4 Å². The molecule has 3 nitrogen and oxygen atoms in total. The van der Waals surface area contributed by atoms with Crippen LogP contribution in [0.25, 0.3) is 0 Å². The lowest BCUT2D eigenvalue weighted by atomic mass is 10.1. The summed E-state index contributed by atoms with van der Waals surface area (Å²) in [6.07, 6.45) is 5.07. The lowest BCUT2D eigenvalue weighted by molar-refractivity contribution is -0.132. The van der Waals surface area contributed by atoms with Gasteiger partial charge < -0.3 is 10.2 Å². The van der Waals surface area contributed by atoms with Crippen molar-refractivity contribution in [2.45, 2.75) is 25.3 Å². The maximum atomic E-state index is 11.7. The zero-order valence-electron chi connectivity index (χ0n) is 9.08. The molecule has 0 bridgehead atoms. The molecule has 0 saturated carbocycles. The molecule has 1 atom stereocenters. The molecule has 0 aliphatic carbocycles. The first-order chi connectivity index (χ1) is 6.77. The molecule has 82 valence electrons. The molecule has 1 aliphatic rings. The summed E-state index contributed by atoms with van der Waals surface area (Å²) in [6, 6.07) is 0.502. The number of carbonyl (C=O) groups is 1. The average molecular weight is 216 g/mol. The Bertz CT molecular complexity index is 187. The fourth-order valence-corrected chi connectivity index (χ4v) is 2.17. The van der Waals surface area contributed by atoms with Crippen LogP contribution in [-0.4, -0.2) is 49.0 Å². The third kappa shape index (κ3) is 3.50. The van der Waals surface area contributed by atoms with E-state index in [9.17, 15) is 4.79 Å². The van der Waals surface area contributed by atoms with Gasteiger partial charge >= 0.3 is 0 Å². The van der Waals surface area contributed by atoms with Crippen molar-refractivity contribution in [1.29, 1.82) is 0 Å². The Morgan fingerprint density at radius 3 is 3.07 bits per heavy atom. The number of likely N-dealkylation sites (N-methyl/N-ethyl adjacent to an activating group) is 1. The predicted octanol–water partition coefficient (Wildman–Crippen LogP) is 0.950. The van der Waals surface area contributed by atoms with Gasteiger partial charge in [0.25, 0.3) is 0 Å². The number of nitrogens with zero attached hydrogens (tertiary/aromatic N) is 1. The van der Waals surface area contributed by atoms with Crippen LogP contribution < -0.4 is 5.32 Å². The Labute approximate surface area is 90.6 Å². The van der Waals surface area contributed by atoms with Crippen LogP contribution in [0.5, 0.6) is 0 Å². The maximum Gasteiger partial charge on any atom is 0.223 e. The van der Waals surface area contributed by atoms with Crippen LogP contribution in [0.1, 0.15) is 19.3 Å². The van der Waals surface area contributed by atoms with Crippen LogP contribution in [0.2, 0.25) is 0 Å². The molecule has 1 aliphatic heterocycles. The molecular weight excluding hydrogens is 196 g/mol. The average Bonchev–Trinajstić information content (AvgIpc) is 2.26. The maximum absolute atomic E-state index is 11.7. The highest BCUT2D eigenvalue weighted by Gasteiger charge is 2.21. The van der Waals surface area contributed by atoms with E-state index in [0.717, 1.165) is 25.3 Å². The van der Waals surface area contributed by atoms with E-state index in [4.69, 9.17) is 0 Å². The molecule has 0 aromatic carbocycles. The van der Waals surface area contributed by atoms with E-state index in [2.05, 4.69) is 5.32 Å². The Hall–Kier alpha value is -0.220. The topological polar surface area (TPSA) is 32.3 Å². The summed E-state index contributed by atoms with van der Waals surface area (Å²) in [6.45, 7) is 1.84. The third-order valence-corrected chi connectivity index (χ3v) is 3.31. The molecule has 0 aromatic heterocycles. The Kier molecular flexibility index (Phi) is 5.33. The minimum Gasteiger partial charge on any atom is -0.341 e. The van der Waals surface area contributed by atoms with Crippen molar-refractivity contribution in [2.24, 2.45) is 0 Å². The largest absolute Gasteiger partial charge is 0.341 e. The first-order valence-electron chi connectivity index (χ1n) is 5.22. The van der Waals surface area contributed by atoms with E-state index in [-0.39, 0.29) is 0 Å². The van der Waals surface area contributed by atoms with Gasteiger partial charge in [0.15, 0.2) is 0 Å². The highest BCUT2D eigenvalue weighted by atomic mass is 32.2. The number of thioether (sulfide) groups is 1. The van der Waals surface area contributed by atoms with Crippen LogP contribution >= 0.6 is 11.8 Å². The molecule has 1 heterocycles. The van der Waals surface area contributed by atoms with Gasteiger partial charge in [-0.3, -0.25) is 4.79 Å². The number of nitrogens with one attached hydrogen (secondary N) is 1. The molecule has 0 spiro atoms. The Balaban J connectivity index is 2.31. The summed E-state index contributed by atoms with van der Waals surface area (Å²) < 4.78 is 0. The minimum atomic E-state index is 0.319. The van der Waals surface area contributed by atoms with Crippen LogP contribution in [0.4, 0.5) is 0 Å². The van der Waals surface area contributed by atoms with E-state index in [1.807, 2.05) is 18.2 Å². The van der Waals surface area contributed by atoms with Gasteiger partial charge in [-0.1, -0.05) is 0 Å². The van der Waals surface area contributed by atoms with Gasteiger partial charge in [0, 0.05) is 31.3 Å². The van der Waals surface area contributed by atoms with Gasteiger partial charge in [0.2, 0.25) is 5.91 Å². The van der Waals surface area contributed by atoms with Crippen LogP contribution in [0.15, 0.2) is 0 Å². The second kappa shape index (κ2) is 6.30. The standard InChI is InChI=1S/C10H20N2OS/c1-11-9-4-3-6-12(8-9)10(13)5-7-14-2/h9,11H,3-8H2,1-2H3.